The van der Waals surface area contributed by atoms with Gasteiger partial charge in [0.05, 0.1) is 17.9 Å². The van der Waals surface area contributed by atoms with Crippen LogP contribution < -0.4 is 5.43 Å². The Hall–Kier alpha value is -1.98. The van der Waals surface area contributed by atoms with Gasteiger partial charge in [0.1, 0.15) is 5.60 Å². The van der Waals surface area contributed by atoms with Gasteiger partial charge in [0.15, 0.2) is 0 Å². The van der Waals surface area contributed by atoms with E-state index >= 15 is 0 Å². The second kappa shape index (κ2) is 7.28. The van der Waals surface area contributed by atoms with Crippen LogP contribution in [0.25, 0.3) is 0 Å². The molecular weight excluding hydrogens is 308 g/mol. The highest BCUT2D eigenvalue weighted by molar-refractivity contribution is 5.93. The summed E-state index contributed by atoms with van der Waals surface area (Å²) in [7, 11) is 0. The minimum absolute atomic E-state index is 0.321. The number of esters is 1. The average Bonchev–Trinajstić information content (AvgIpc) is 2.63. The SMILES string of the molecule is CCOC(=O)c1c2c(n(NC(=O)OC(C)(C)C)c1C)CCCCC2. The van der Waals surface area contributed by atoms with Crippen molar-refractivity contribution in [3.8, 4) is 0 Å². The van der Waals surface area contributed by atoms with E-state index in [1.54, 1.807) is 11.6 Å². The fourth-order valence-electron chi connectivity index (χ4n) is 3.13. The maximum absolute atomic E-state index is 12.4. The first-order valence-corrected chi connectivity index (χ1v) is 8.64. The van der Waals surface area contributed by atoms with Crippen LogP contribution >= 0.6 is 0 Å². The van der Waals surface area contributed by atoms with Crippen molar-refractivity contribution < 1.29 is 19.1 Å². The van der Waals surface area contributed by atoms with Gasteiger partial charge in [-0.2, -0.15) is 0 Å². The first-order chi connectivity index (χ1) is 11.2. The van der Waals surface area contributed by atoms with Crippen molar-refractivity contribution in [3.05, 3.63) is 22.5 Å². The highest BCUT2D eigenvalue weighted by atomic mass is 16.6. The quantitative estimate of drug-likeness (QED) is 0.674. The lowest BCUT2D eigenvalue weighted by atomic mass is 10.0. The number of carbonyl (C=O) groups excluding carboxylic acids is 2. The Bertz CT molecular complexity index is 626. The van der Waals surface area contributed by atoms with E-state index in [1.165, 1.54) is 0 Å². The van der Waals surface area contributed by atoms with E-state index in [1.807, 2.05) is 27.7 Å². The molecule has 1 aliphatic carbocycles. The van der Waals surface area contributed by atoms with Crippen LogP contribution in [0.2, 0.25) is 0 Å². The molecule has 1 aromatic heterocycles. The predicted molar refractivity (Wildman–Crippen MR) is 92.0 cm³/mol. The molecule has 0 saturated heterocycles. The van der Waals surface area contributed by atoms with Crippen LogP contribution in [0.1, 0.15) is 74.3 Å². The highest BCUT2D eigenvalue weighted by Crippen LogP contribution is 2.29. The standard InChI is InChI=1S/C18H28N2O4/c1-6-23-16(21)15-12(2)20(19-17(22)24-18(3,4)5)14-11-9-7-8-10-13(14)15/h6-11H2,1-5H3,(H,19,22). The van der Waals surface area contributed by atoms with Gasteiger partial charge < -0.3 is 9.47 Å². The summed E-state index contributed by atoms with van der Waals surface area (Å²) in [4.78, 5) is 24.6. The zero-order valence-corrected chi connectivity index (χ0v) is 15.3. The number of rotatable bonds is 3. The van der Waals surface area contributed by atoms with E-state index in [4.69, 9.17) is 9.47 Å². The number of nitrogens with zero attached hydrogens (tertiary/aromatic N) is 1. The van der Waals surface area contributed by atoms with Gasteiger partial charge in [0, 0.05) is 5.69 Å². The minimum atomic E-state index is -0.577. The number of ether oxygens (including phenoxy) is 2. The minimum Gasteiger partial charge on any atom is -0.462 e. The lowest BCUT2D eigenvalue weighted by molar-refractivity contribution is 0.0521. The van der Waals surface area contributed by atoms with E-state index in [2.05, 4.69) is 5.43 Å². The third-order valence-corrected chi connectivity index (χ3v) is 4.04. The summed E-state index contributed by atoms with van der Waals surface area (Å²) >= 11 is 0. The van der Waals surface area contributed by atoms with Crippen molar-refractivity contribution in [1.82, 2.24) is 4.68 Å². The van der Waals surface area contributed by atoms with Gasteiger partial charge in [-0.25, -0.2) is 15.0 Å². The largest absolute Gasteiger partial charge is 0.462 e. The second-order valence-electron chi connectivity index (χ2n) is 7.12. The molecule has 134 valence electrons. The molecule has 1 aromatic rings. The average molecular weight is 336 g/mol. The van der Waals surface area contributed by atoms with Crippen molar-refractivity contribution >= 4 is 12.1 Å². The van der Waals surface area contributed by atoms with Crippen molar-refractivity contribution in [2.45, 2.75) is 72.3 Å². The molecule has 0 atom stereocenters. The molecule has 2 rings (SSSR count). The molecule has 6 nitrogen and oxygen atoms in total. The zero-order chi connectivity index (χ0) is 17.9. The normalized spacial score (nSPS) is 14.5. The number of amides is 1. The van der Waals surface area contributed by atoms with Gasteiger partial charge in [-0.1, -0.05) is 6.42 Å². The third kappa shape index (κ3) is 4.10. The fourth-order valence-corrected chi connectivity index (χ4v) is 3.13. The van der Waals surface area contributed by atoms with Crippen LogP contribution in [0, 0.1) is 6.92 Å². The molecule has 0 unspecified atom stereocenters. The van der Waals surface area contributed by atoms with Crippen LogP contribution in [-0.2, 0) is 22.3 Å². The van der Waals surface area contributed by atoms with Gasteiger partial charge in [0.2, 0.25) is 0 Å². The molecule has 0 spiro atoms. The van der Waals surface area contributed by atoms with E-state index in [9.17, 15) is 9.59 Å². The van der Waals surface area contributed by atoms with Gasteiger partial charge in [-0.05, 0) is 65.9 Å². The molecule has 0 aromatic carbocycles. The molecule has 0 bridgehead atoms. The molecule has 6 heteroatoms. The Balaban J connectivity index is 2.40. The highest BCUT2D eigenvalue weighted by Gasteiger charge is 2.28. The first kappa shape index (κ1) is 18.4. The van der Waals surface area contributed by atoms with E-state index < -0.39 is 11.7 Å². The Morgan fingerprint density at radius 3 is 2.46 bits per heavy atom. The Kier molecular flexibility index (Phi) is 5.57. The first-order valence-electron chi connectivity index (χ1n) is 8.64. The lowest BCUT2D eigenvalue weighted by Crippen LogP contribution is -2.33. The van der Waals surface area contributed by atoms with Gasteiger partial charge in [-0.3, -0.25) is 4.68 Å². The zero-order valence-electron chi connectivity index (χ0n) is 15.3. The summed E-state index contributed by atoms with van der Waals surface area (Å²) in [6, 6.07) is 0. The summed E-state index contributed by atoms with van der Waals surface area (Å²) < 4.78 is 12.3. The van der Waals surface area contributed by atoms with Crippen LogP contribution in [0.5, 0.6) is 0 Å². The maximum atomic E-state index is 12.4. The number of hydrogen-bond acceptors (Lipinski definition) is 4. The van der Waals surface area contributed by atoms with Gasteiger partial charge in [0.25, 0.3) is 0 Å². The molecule has 1 amide bonds. The van der Waals surface area contributed by atoms with Gasteiger partial charge >= 0.3 is 12.1 Å². The van der Waals surface area contributed by atoms with Crippen LogP contribution in [0.3, 0.4) is 0 Å². The fraction of sp³-hybridized carbons (Fsp3) is 0.667. The van der Waals surface area contributed by atoms with Crippen LogP contribution in [-0.4, -0.2) is 28.9 Å². The molecule has 0 saturated carbocycles. The number of carbonyl (C=O) groups is 2. The summed E-state index contributed by atoms with van der Waals surface area (Å²) in [5, 5.41) is 0. The summed E-state index contributed by atoms with van der Waals surface area (Å²) in [5.74, 6) is -0.321. The Labute approximate surface area is 143 Å². The van der Waals surface area contributed by atoms with E-state index in [0.717, 1.165) is 43.4 Å². The number of aromatic nitrogens is 1. The molecule has 1 heterocycles. The topological polar surface area (TPSA) is 69.6 Å². The molecule has 24 heavy (non-hydrogen) atoms. The number of nitrogens with one attached hydrogen (secondary N) is 1. The van der Waals surface area contributed by atoms with Crippen molar-refractivity contribution in [3.63, 3.8) is 0 Å². The Morgan fingerprint density at radius 2 is 1.83 bits per heavy atom. The van der Waals surface area contributed by atoms with Crippen molar-refractivity contribution in [1.29, 1.82) is 0 Å². The smallest absolute Gasteiger partial charge is 0.426 e. The summed E-state index contributed by atoms with van der Waals surface area (Å²) in [5.41, 5.74) is 5.48. The summed E-state index contributed by atoms with van der Waals surface area (Å²) in [6.45, 7) is 9.41. The lowest BCUT2D eigenvalue weighted by Gasteiger charge is -2.21. The molecule has 0 radical (unpaired) electrons. The monoisotopic (exact) mass is 336 g/mol. The second-order valence-corrected chi connectivity index (χ2v) is 7.12. The molecule has 0 aliphatic heterocycles. The molecule has 0 fully saturated rings. The van der Waals surface area contributed by atoms with E-state index in [0.29, 0.717) is 17.9 Å². The Morgan fingerprint density at radius 1 is 1.17 bits per heavy atom. The summed E-state index contributed by atoms with van der Waals surface area (Å²) in [6.07, 6.45) is 4.31. The van der Waals surface area contributed by atoms with Crippen LogP contribution in [0.4, 0.5) is 4.79 Å². The molecular formula is C18H28N2O4. The van der Waals surface area contributed by atoms with Crippen LogP contribution in [0.15, 0.2) is 0 Å². The van der Waals surface area contributed by atoms with Crippen molar-refractivity contribution in [2.24, 2.45) is 0 Å². The van der Waals surface area contributed by atoms with Crippen molar-refractivity contribution in [2.75, 3.05) is 12.0 Å². The number of hydrogen-bond donors (Lipinski definition) is 1. The van der Waals surface area contributed by atoms with Gasteiger partial charge in [-0.15, -0.1) is 0 Å². The molecule has 1 aliphatic rings. The maximum Gasteiger partial charge on any atom is 0.426 e. The third-order valence-electron chi connectivity index (χ3n) is 4.04. The van der Waals surface area contributed by atoms with E-state index in [-0.39, 0.29) is 5.97 Å². The molecule has 1 N–H and O–H groups in total. The number of fused-ring (bicyclic) bond motifs is 1. The predicted octanol–water partition coefficient (Wildman–Crippen LogP) is 3.72.